The molecule has 1 aliphatic rings. The van der Waals surface area contributed by atoms with Crippen LogP contribution in [0.4, 0.5) is 13.2 Å². The van der Waals surface area contributed by atoms with Crippen molar-refractivity contribution in [1.82, 2.24) is 20.7 Å². The number of nitrogens with one attached hydrogen (secondary N) is 2. The summed E-state index contributed by atoms with van der Waals surface area (Å²) in [7, 11) is 0. The minimum atomic E-state index is -5.17. The molecule has 3 heterocycles. The molecule has 0 aliphatic carbocycles. The summed E-state index contributed by atoms with van der Waals surface area (Å²) in [5, 5.41) is 11.1. The van der Waals surface area contributed by atoms with E-state index in [4.69, 9.17) is 4.52 Å². The fourth-order valence-corrected chi connectivity index (χ4v) is 6.08. The van der Waals surface area contributed by atoms with Gasteiger partial charge in [-0.15, -0.1) is 11.3 Å². The summed E-state index contributed by atoms with van der Waals surface area (Å²) in [6.45, 7) is 6.79. The number of hydrogen-bond acceptors (Lipinski definition) is 7. The molecule has 3 atom stereocenters. The number of rotatable bonds is 9. The van der Waals surface area contributed by atoms with Crippen molar-refractivity contribution in [2.75, 3.05) is 6.54 Å². The van der Waals surface area contributed by atoms with Crippen LogP contribution in [0.25, 0.3) is 10.1 Å². The number of amides is 3. The summed E-state index contributed by atoms with van der Waals surface area (Å²) >= 11 is 1.33. The number of carbonyl (C=O) groups is 4. The van der Waals surface area contributed by atoms with E-state index in [0.29, 0.717) is 23.1 Å². The molecule has 0 radical (unpaired) electrons. The number of fused-ring (bicyclic) bond motifs is 1. The lowest BCUT2D eigenvalue weighted by molar-refractivity contribution is -0.173. The van der Waals surface area contributed by atoms with Gasteiger partial charge in [-0.3, -0.25) is 19.2 Å². The second kappa shape index (κ2) is 12.0. The van der Waals surface area contributed by atoms with Crippen molar-refractivity contribution in [1.29, 1.82) is 0 Å². The van der Waals surface area contributed by atoms with Crippen LogP contribution in [0.1, 0.15) is 54.1 Å². The molecule has 220 valence electrons. The van der Waals surface area contributed by atoms with Crippen molar-refractivity contribution < 1.29 is 36.9 Å². The molecule has 4 rings (SSSR count). The van der Waals surface area contributed by atoms with Crippen molar-refractivity contribution in [2.24, 2.45) is 5.92 Å². The minimum absolute atomic E-state index is 0.175. The Labute approximate surface area is 238 Å². The van der Waals surface area contributed by atoms with Crippen LogP contribution in [0.3, 0.4) is 0 Å². The molecule has 1 aliphatic heterocycles. The third kappa shape index (κ3) is 6.45. The lowest BCUT2D eigenvalue weighted by atomic mass is 10.00. The van der Waals surface area contributed by atoms with Gasteiger partial charge in [0.2, 0.25) is 11.8 Å². The van der Waals surface area contributed by atoms with E-state index < -0.39 is 47.8 Å². The van der Waals surface area contributed by atoms with Crippen molar-refractivity contribution in [3.63, 3.8) is 0 Å². The Morgan fingerprint density at radius 2 is 1.85 bits per heavy atom. The molecule has 0 bridgehead atoms. The van der Waals surface area contributed by atoms with Crippen LogP contribution < -0.4 is 10.6 Å². The molecule has 0 unspecified atom stereocenters. The van der Waals surface area contributed by atoms with E-state index in [1.54, 1.807) is 51.3 Å². The molecule has 1 fully saturated rings. The Hall–Kier alpha value is -3.74. The van der Waals surface area contributed by atoms with Gasteiger partial charge in [0.25, 0.3) is 11.7 Å². The molecular formula is C28H31F3N4O5S. The summed E-state index contributed by atoms with van der Waals surface area (Å²) in [5.74, 6) is -4.11. The summed E-state index contributed by atoms with van der Waals surface area (Å²) in [6.07, 6.45) is -4.88. The third-order valence-electron chi connectivity index (χ3n) is 7.22. The zero-order valence-corrected chi connectivity index (χ0v) is 23.8. The lowest BCUT2D eigenvalue weighted by Crippen LogP contribution is -2.57. The van der Waals surface area contributed by atoms with Crippen LogP contribution in [-0.4, -0.2) is 64.4 Å². The average Bonchev–Trinajstić information content (AvgIpc) is 3.64. The SMILES string of the molecule is Cc1noc(C)c1C(=O)N[C@H](C(=O)N1CCC[C@H]1C(=O)N[C@@H](Cc1csc2ccccc12)C(=O)C(F)(F)F)C(C)C. The topological polar surface area (TPSA) is 122 Å². The first-order valence-electron chi connectivity index (χ1n) is 13.2. The number of aromatic nitrogens is 1. The number of ketones is 1. The average molecular weight is 593 g/mol. The van der Waals surface area contributed by atoms with E-state index in [1.807, 2.05) is 6.07 Å². The van der Waals surface area contributed by atoms with E-state index in [0.717, 1.165) is 4.70 Å². The number of aryl methyl sites for hydroxylation is 2. The standard InChI is InChI=1S/C28H31F3N4O5S/c1-14(2)23(33-26(38)22-15(3)34-40-16(22)4)27(39)35-11-7-9-20(35)25(37)32-19(24(36)28(29,30)31)12-17-13-41-21-10-6-5-8-18(17)21/h5-6,8,10,13-14,19-20,23H,7,9,11-12H2,1-4H3,(H,32,37)(H,33,38)/t19-,20-,23-/m0/s1. The van der Waals surface area contributed by atoms with E-state index in [-0.39, 0.29) is 36.6 Å². The number of alkyl halides is 3. The summed E-state index contributed by atoms with van der Waals surface area (Å²) in [4.78, 5) is 53.6. The summed E-state index contributed by atoms with van der Waals surface area (Å²) in [6, 6.07) is 3.14. The third-order valence-corrected chi connectivity index (χ3v) is 8.23. The van der Waals surface area contributed by atoms with Gasteiger partial charge in [0.1, 0.15) is 29.4 Å². The van der Waals surface area contributed by atoms with Crippen molar-refractivity contribution in [2.45, 2.75) is 71.3 Å². The van der Waals surface area contributed by atoms with Gasteiger partial charge in [0, 0.05) is 17.7 Å². The highest BCUT2D eigenvalue weighted by molar-refractivity contribution is 7.17. The molecule has 1 aromatic carbocycles. The van der Waals surface area contributed by atoms with Crippen molar-refractivity contribution in [3.8, 4) is 0 Å². The molecule has 0 spiro atoms. The van der Waals surface area contributed by atoms with E-state index in [2.05, 4.69) is 15.8 Å². The predicted molar refractivity (Wildman–Crippen MR) is 145 cm³/mol. The molecule has 3 aromatic rings. The van der Waals surface area contributed by atoms with Gasteiger partial charge in [-0.05, 0) is 55.0 Å². The van der Waals surface area contributed by atoms with Crippen LogP contribution in [0, 0.1) is 19.8 Å². The quantitative estimate of drug-likeness (QED) is 0.386. The number of nitrogens with zero attached hydrogens (tertiary/aromatic N) is 2. The van der Waals surface area contributed by atoms with Crippen molar-refractivity contribution >= 4 is 44.9 Å². The highest BCUT2D eigenvalue weighted by Gasteiger charge is 2.46. The smallest absolute Gasteiger partial charge is 0.361 e. The highest BCUT2D eigenvalue weighted by atomic mass is 32.1. The fraction of sp³-hybridized carbons (Fsp3) is 0.464. The maximum atomic E-state index is 13.6. The zero-order valence-electron chi connectivity index (χ0n) is 23.0. The summed E-state index contributed by atoms with van der Waals surface area (Å²) in [5.41, 5.74) is 1.07. The molecule has 9 nitrogen and oxygen atoms in total. The number of thiophene rings is 1. The summed E-state index contributed by atoms with van der Waals surface area (Å²) < 4.78 is 46.5. The predicted octanol–water partition coefficient (Wildman–Crippen LogP) is 4.11. The second-order valence-electron chi connectivity index (χ2n) is 10.5. The van der Waals surface area contributed by atoms with Crippen molar-refractivity contribution in [3.05, 3.63) is 52.2 Å². The largest absolute Gasteiger partial charge is 0.452 e. The molecule has 2 aromatic heterocycles. The maximum Gasteiger partial charge on any atom is 0.452 e. The van der Waals surface area contributed by atoms with Crippen LogP contribution in [0.15, 0.2) is 34.2 Å². The van der Waals surface area contributed by atoms with E-state index in [9.17, 15) is 32.3 Å². The first-order valence-corrected chi connectivity index (χ1v) is 14.1. The van der Waals surface area contributed by atoms with E-state index in [1.165, 1.54) is 16.2 Å². The fourth-order valence-electron chi connectivity index (χ4n) is 5.10. The monoisotopic (exact) mass is 592 g/mol. The number of carbonyl (C=O) groups excluding carboxylic acids is 4. The molecule has 0 saturated carbocycles. The second-order valence-corrected chi connectivity index (χ2v) is 11.4. The van der Waals surface area contributed by atoms with Gasteiger partial charge < -0.3 is 20.1 Å². The first kappa shape index (κ1) is 30.2. The zero-order chi connectivity index (χ0) is 30.1. The van der Waals surface area contributed by atoms with E-state index >= 15 is 0 Å². The number of halogens is 3. The van der Waals surface area contributed by atoms with Crippen LogP contribution in [0.2, 0.25) is 0 Å². The van der Waals surface area contributed by atoms with Crippen LogP contribution in [-0.2, 0) is 20.8 Å². The highest BCUT2D eigenvalue weighted by Crippen LogP contribution is 2.29. The molecule has 2 N–H and O–H groups in total. The Kier molecular flexibility index (Phi) is 8.86. The number of Topliss-reactive ketones (excluding diaryl/α,β-unsaturated/α-hetero) is 1. The Bertz CT molecular complexity index is 1440. The number of hydrogen-bond donors (Lipinski definition) is 2. The van der Waals surface area contributed by atoms with Gasteiger partial charge in [-0.25, -0.2) is 0 Å². The Balaban J connectivity index is 1.53. The minimum Gasteiger partial charge on any atom is -0.361 e. The Morgan fingerprint density at radius 3 is 2.49 bits per heavy atom. The first-order chi connectivity index (χ1) is 19.3. The van der Waals surface area contributed by atoms with Gasteiger partial charge in [-0.2, -0.15) is 13.2 Å². The lowest BCUT2D eigenvalue weighted by Gasteiger charge is -2.31. The van der Waals surface area contributed by atoms with Gasteiger partial charge >= 0.3 is 6.18 Å². The van der Waals surface area contributed by atoms with Crippen LogP contribution in [0.5, 0.6) is 0 Å². The molecule has 41 heavy (non-hydrogen) atoms. The molecular weight excluding hydrogens is 561 g/mol. The van der Waals surface area contributed by atoms with Gasteiger partial charge in [0.05, 0.1) is 5.69 Å². The molecule has 1 saturated heterocycles. The molecule has 13 heteroatoms. The molecule has 3 amide bonds. The Morgan fingerprint density at radius 1 is 1.15 bits per heavy atom. The number of likely N-dealkylation sites (tertiary alicyclic amines) is 1. The van der Waals surface area contributed by atoms with Gasteiger partial charge in [0.15, 0.2) is 0 Å². The van der Waals surface area contributed by atoms with Gasteiger partial charge in [-0.1, -0.05) is 37.2 Å². The maximum absolute atomic E-state index is 13.6. The number of benzene rings is 1. The van der Waals surface area contributed by atoms with Crippen LogP contribution >= 0.6 is 11.3 Å². The normalized spacial score (nSPS) is 17.1.